The van der Waals surface area contributed by atoms with E-state index in [2.05, 4.69) is 24.0 Å². The van der Waals surface area contributed by atoms with Crippen LogP contribution >= 0.6 is 0 Å². The maximum atomic E-state index is 10.8. The minimum absolute atomic E-state index is 0.0658. The number of hydrogen-bond acceptors (Lipinski definition) is 2. The van der Waals surface area contributed by atoms with Gasteiger partial charge in [0.05, 0.1) is 12.3 Å². The van der Waals surface area contributed by atoms with Crippen molar-refractivity contribution in [3.05, 3.63) is 83.7 Å². The van der Waals surface area contributed by atoms with Crippen LogP contribution in [0.5, 0.6) is 0 Å². The third-order valence-corrected chi connectivity index (χ3v) is 5.11. The van der Waals surface area contributed by atoms with Gasteiger partial charge in [0.25, 0.3) is 0 Å². The van der Waals surface area contributed by atoms with Crippen molar-refractivity contribution < 1.29 is 15.0 Å². The van der Waals surface area contributed by atoms with E-state index in [1.807, 2.05) is 60.8 Å². The second-order valence-corrected chi connectivity index (χ2v) is 7.15. The highest BCUT2D eigenvalue weighted by atomic mass is 16.4. The number of nitrogens with one attached hydrogen (secondary N) is 1. The Labute approximate surface area is 177 Å². The van der Waals surface area contributed by atoms with E-state index in [-0.39, 0.29) is 6.61 Å². The molecule has 0 spiro atoms. The molecule has 1 aromatic heterocycles. The predicted molar refractivity (Wildman–Crippen MR) is 122 cm³/mol. The molecule has 0 saturated heterocycles. The van der Waals surface area contributed by atoms with E-state index in [1.54, 1.807) is 0 Å². The summed E-state index contributed by atoms with van der Waals surface area (Å²) < 4.78 is 0. The molecule has 156 valence electrons. The number of carboxylic acid groups (broad SMARTS) is 1. The molecular formula is C25H28N2O3. The molecule has 30 heavy (non-hydrogen) atoms. The minimum Gasteiger partial charge on any atom is -0.465 e. The SMILES string of the molecule is CCCCc1c[nH]c(CO)c1-c1ccccc1.O=C(O)N1CC=Cc2ccccc21. The summed E-state index contributed by atoms with van der Waals surface area (Å²) in [5.74, 6) is 0. The lowest BCUT2D eigenvalue weighted by atomic mass is 9.98. The number of nitrogens with zero attached hydrogens (tertiary/aromatic N) is 1. The monoisotopic (exact) mass is 404 g/mol. The molecule has 1 aliphatic heterocycles. The number of rotatable bonds is 5. The van der Waals surface area contributed by atoms with Crippen LogP contribution in [0, 0.1) is 0 Å². The fourth-order valence-corrected chi connectivity index (χ4v) is 3.60. The molecule has 5 nitrogen and oxygen atoms in total. The molecule has 0 radical (unpaired) electrons. The van der Waals surface area contributed by atoms with E-state index in [0.29, 0.717) is 6.54 Å². The number of aryl methyl sites for hydroxylation is 1. The number of H-pyrrole nitrogens is 1. The normalized spacial score (nSPS) is 12.1. The molecule has 1 aliphatic rings. The first-order chi connectivity index (χ1) is 14.7. The van der Waals surface area contributed by atoms with Gasteiger partial charge in [-0.25, -0.2) is 4.79 Å². The van der Waals surface area contributed by atoms with Gasteiger partial charge >= 0.3 is 6.09 Å². The van der Waals surface area contributed by atoms with Crippen LogP contribution in [0.2, 0.25) is 0 Å². The minimum atomic E-state index is -0.906. The molecule has 2 aromatic carbocycles. The Morgan fingerprint density at radius 2 is 1.83 bits per heavy atom. The van der Waals surface area contributed by atoms with Crippen molar-refractivity contribution in [1.29, 1.82) is 0 Å². The van der Waals surface area contributed by atoms with Gasteiger partial charge in [-0.05, 0) is 35.6 Å². The van der Waals surface area contributed by atoms with E-state index in [4.69, 9.17) is 5.11 Å². The number of para-hydroxylation sites is 1. The third-order valence-electron chi connectivity index (χ3n) is 5.11. The van der Waals surface area contributed by atoms with Crippen LogP contribution < -0.4 is 4.90 Å². The second kappa shape index (κ2) is 10.5. The Hall–Kier alpha value is -3.31. The molecule has 0 atom stereocenters. The number of benzene rings is 2. The largest absolute Gasteiger partial charge is 0.465 e. The molecule has 3 N–H and O–H groups in total. The highest BCUT2D eigenvalue weighted by molar-refractivity contribution is 5.91. The van der Waals surface area contributed by atoms with Gasteiger partial charge in [-0.15, -0.1) is 0 Å². The van der Waals surface area contributed by atoms with Crippen LogP contribution in [-0.2, 0) is 13.0 Å². The van der Waals surface area contributed by atoms with Crippen molar-refractivity contribution in [3.63, 3.8) is 0 Å². The lowest BCUT2D eigenvalue weighted by molar-refractivity contribution is 0.202. The van der Waals surface area contributed by atoms with E-state index in [1.165, 1.54) is 34.4 Å². The van der Waals surface area contributed by atoms with Gasteiger partial charge in [-0.3, -0.25) is 4.90 Å². The Morgan fingerprint density at radius 1 is 1.10 bits per heavy atom. The van der Waals surface area contributed by atoms with E-state index >= 15 is 0 Å². The van der Waals surface area contributed by atoms with Gasteiger partial charge in [0.2, 0.25) is 0 Å². The number of aliphatic hydroxyl groups excluding tert-OH is 1. The standard InChI is InChI=1S/C15H19NO.C10H9NO2/c1-2-3-7-13-10-16-14(11-17)15(13)12-8-5-4-6-9-12;12-10(13)11-7-3-5-8-4-1-2-6-9(8)11/h4-6,8-10,16-17H,2-3,7,11H2,1H3;1-6H,7H2,(H,12,13). The van der Waals surface area contributed by atoms with Gasteiger partial charge in [0, 0.05) is 24.0 Å². The zero-order valence-corrected chi connectivity index (χ0v) is 17.2. The topological polar surface area (TPSA) is 76.6 Å². The Morgan fingerprint density at radius 3 is 2.53 bits per heavy atom. The van der Waals surface area contributed by atoms with Gasteiger partial charge in [0.1, 0.15) is 0 Å². The quantitative estimate of drug-likeness (QED) is 0.509. The summed E-state index contributed by atoms with van der Waals surface area (Å²) in [5, 5.41) is 18.3. The van der Waals surface area contributed by atoms with Crippen molar-refractivity contribution in [1.82, 2.24) is 4.98 Å². The van der Waals surface area contributed by atoms with Gasteiger partial charge in [-0.1, -0.05) is 74.0 Å². The van der Waals surface area contributed by atoms with Crippen molar-refractivity contribution in [2.45, 2.75) is 32.8 Å². The Balaban J connectivity index is 0.000000177. The molecule has 4 rings (SSSR count). The van der Waals surface area contributed by atoms with Gasteiger partial charge in [0.15, 0.2) is 0 Å². The lowest BCUT2D eigenvalue weighted by Crippen LogP contribution is -2.31. The number of hydrogen-bond donors (Lipinski definition) is 3. The van der Waals surface area contributed by atoms with Crippen LogP contribution in [0.1, 0.15) is 36.6 Å². The summed E-state index contributed by atoms with van der Waals surface area (Å²) in [6, 6.07) is 17.7. The zero-order valence-electron chi connectivity index (χ0n) is 17.2. The fourth-order valence-electron chi connectivity index (χ4n) is 3.60. The number of anilines is 1. The number of aliphatic hydroxyl groups is 1. The van der Waals surface area contributed by atoms with Crippen molar-refractivity contribution in [3.8, 4) is 11.1 Å². The first-order valence-corrected chi connectivity index (χ1v) is 10.3. The van der Waals surface area contributed by atoms with E-state index < -0.39 is 6.09 Å². The second-order valence-electron chi connectivity index (χ2n) is 7.15. The Bertz CT molecular complexity index is 993. The van der Waals surface area contributed by atoms with Gasteiger partial charge < -0.3 is 15.2 Å². The van der Waals surface area contributed by atoms with Crippen LogP contribution in [0.15, 0.2) is 66.9 Å². The average molecular weight is 405 g/mol. The zero-order chi connectivity index (χ0) is 21.3. The average Bonchev–Trinajstić information content (AvgIpc) is 3.21. The Kier molecular flexibility index (Phi) is 7.46. The smallest absolute Gasteiger partial charge is 0.412 e. The first kappa shape index (κ1) is 21.4. The first-order valence-electron chi connectivity index (χ1n) is 10.3. The molecule has 0 unspecified atom stereocenters. The molecule has 5 heteroatoms. The van der Waals surface area contributed by atoms with Gasteiger partial charge in [-0.2, -0.15) is 0 Å². The maximum absolute atomic E-state index is 10.8. The van der Waals surface area contributed by atoms with Crippen molar-refractivity contribution in [2.24, 2.45) is 0 Å². The summed E-state index contributed by atoms with van der Waals surface area (Å²) in [4.78, 5) is 15.3. The summed E-state index contributed by atoms with van der Waals surface area (Å²) in [6.07, 6.45) is 8.35. The summed E-state index contributed by atoms with van der Waals surface area (Å²) >= 11 is 0. The molecule has 3 aromatic rings. The fraction of sp³-hybridized carbons (Fsp3) is 0.240. The number of carbonyl (C=O) groups is 1. The number of aromatic nitrogens is 1. The number of fused-ring (bicyclic) bond motifs is 1. The summed E-state index contributed by atoms with van der Waals surface area (Å²) in [7, 11) is 0. The number of aromatic amines is 1. The molecular weight excluding hydrogens is 376 g/mol. The van der Waals surface area contributed by atoms with E-state index in [9.17, 15) is 9.90 Å². The van der Waals surface area contributed by atoms with E-state index in [0.717, 1.165) is 23.4 Å². The number of unbranched alkanes of at least 4 members (excludes halogenated alkanes) is 1. The van der Waals surface area contributed by atoms with Crippen molar-refractivity contribution in [2.75, 3.05) is 11.4 Å². The molecule has 0 fully saturated rings. The maximum Gasteiger partial charge on any atom is 0.412 e. The molecule has 1 amide bonds. The van der Waals surface area contributed by atoms with Crippen LogP contribution in [-0.4, -0.2) is 27.8 Å². The van der Waals surface area contributed by atoms with Crippen molar-refractivity contribution >= 4 is 17.9 Å². The molecule has 0 aliphatic carbocycles. The predicted octanol–water partition coefficient (Wildman–Crippen LogP) is 5.71. The number of amides is 1. The molecule has 0 saturated carbocycles. The highest BCUT2D eigenvalue weighted by Gasteiger charge is 2.17. The summed E-state index contributed by atoms with van der Waals surface area (Å²) in [6.45, 7) is 2.70. The van der Waals surface area contributed by atoms with Crippen LogP contribution in [0.3, 0.4) is 0 Å². The lowest BCUT2D eigenvalue weighted by Gasteiger charge is -2.22. The summed E-state index contributed by atoms with van der Waals surface area (Å²) in [5.41, 5.74) is 6.31. The molecule has 2 heterocycles. The highest BCUT2D eigenvalue weighted by Crippen LogP contribution is 2.29. The third kappa shape index (κ3) is 4.99. The van der Waals surface area contributed by atoms with Crippen LogP contribution in [0.25, 0.3) is 17.2 Å². The molecule has 0 bridgehead atoms. The van der Waals surface area contributed by atoms with Crippen LogP contribution in [0.4, 0.5) is 10.5 Å².